The van der Waals surface area contributed by atoms with Gasteiger partial charge in [0.15, 0.2) is 0 Å². The fourth-order valence-electron chi connectivity index (χ4n) is 2.65. The fraction of sp³-hybridized carbons (Fsp3) is 0.571. The molecule has 1 saturated heterocycles. The minimum absolute atomic E-state index is 0.0896. The van der Waals surface area contributed by atoms with Crippen LogP contribution in [0, 0.1) is 0 Å². The van der Waals surface area contributed by atoms with Gasteiger partial charge >= 0.3 is 0 Å². The first kappa shape index (κ1) is 14.1. The molecule has 0 bridgehead atoms. The first-order valence-electron chi connectivity index (χ1n) is 6.31. The monoisotopic (exact) mass is 271 g/mol. The smallest absolute Gasteiger partial charge is 0.267 e. The van der Waals surface area contributed by atoms with Crippen LogP contribution in [0.15, 0.2) is 12.1 Å². The van der Waals surface area contributed by atoms with Crippen LogP contribution in [0.1, 0.15) is 37.3 Å². The molecule has 1 atom stereocenters. The first-order valence-corrected chi connectivity index (χ1v) is 6.31. The van der Waals surface area contributed by atoms with Crippen LogP contribution in [0.25, 0.3) is 0 Å². The Kier molecular flexibility index (Phi) is 3.94. The number of methoxy groups -OCH3 is 2. The molecule has 0 saturated carbocycles. The van der Waals surface area contributed by atoms with Crippen molar-refractivity contribution in [2.75, 3.05) is 20.8 Å². The Morgan fingerprint density at radius 1 is 1.21 bits per heavy atom. The summed E-state index contributed by atoms with van der Waals surface area (Å²) in [5.41, 5.74) is 0.359. The van der Waals surface area contributed by atoms with Gasteiger partial charge in [-0.25, -0.2) is 8.78 Å². The van der Waals surface area contributed by atoms with Crippen molar-refractivity contribution in [3.8, 4) is 11.5 Å². The van der Waals surface area contributed by atoms with Crippen molar-refractivity contribution in [2.24, 2.45) is 0 Å². The molecule has 3 nitrogen and oxygen atoms in total. The van der Waals surface area contributed by atoms with Gasteiger partial charge in [0.05, 0.1) is 19.8 Å². The Balaban J connectivity index is 2.55. The minimum Gasteiger partial charge on any atom is -0.496 e. The number of nitrogens with one attached hydrogen (secondary N) is 1. The van der Waals surface area contributed by atoms with E-state index >= 15 is 0 Å². The molecule has 1 fully saturated rings. The van der Waals surface area contributed by atoms with E-state index in [1.54, 1.807) is 13.2 Å². The van der Waals surface area contributed by atoms with Gasteiger partial charge in [-0.1, -0.05) is 0 Å². The van der Waals surface area contributed by atoms with Crippen LogP contribution in [0.5, 0.6) is 11.5 Å². The molecule has 106 valence electrons. The van der Waals surface area contributed by atoms with Gasteiger partial charge in [0.1, 0.15) is 11.5 Å². The quantitative estimate of drug-likeness (QED) is 0.912. The molecule has 0 aromatic heterocycles. The van der Waals surface area contributed by atoms with Crippen LogP contribution in [-0.4, -0.2) is 20.8 Å². The van der Waals surface area contributed by atoms with Crippen molar-refractivity contribution in [3.63, 3.8) is 0 Å². The minimum atomic E-state index is -2.57. The van der Waals surface area contributed by atoms with Crippen LogP contribution in [0.3, 0.4) is 0 Å². The number of rotatable bonds is 4. The Morgan fingerprint density at radius 3 is 2.37 bits per heavy atom. The molecule has 0 amide bonds. The van der Waals surface area contributed by atoms with E-state index in [0.29, 0.717) is 5.75 Å². The average molecular weight is 271 g/mol. The molecule has 1 N–H and O–H groups in total. The Bertz CT molecular complexity index is 457. The number of halogens is 2. The number of ether oxygens (including phenoxy) is 2. The molecule has 1 heterocycles. The summed E-state index contributed by atoms with van der Waals surface area (Å²) in [4.78, 5) is 0. The van der Waals surface area contributed by atoms with E-state index in [0.717, 1.165) is 24.9 Å². The Labute approximate surface area is 111 Å². The molecule has 0 aliphatic carbocycles. The van der Waals surface area contributed by atoms with Crippen LogP contribution in [0.4, 0.5) is 8.78 Å². The van der Waals surface area contributed by atoms with Crippen molar-refractivity contribution in [1.82, 2.24) is 5.32 Å². The average Bonchev–Trinajstić information content (AvgIpc) is 2.84. The molecular formula is C14H19F2NO2. The molecule has 0 radical (unpaired) electrons. The molecule has 1 aromatic rings. The van der Waals surface area contributed by atoms with E-state index in [-0.39, 0.29) is 16.9 Å². The topological polar surface area (TPSA) is 30.5 Å². The molecule has 19 heavy (non-hydrogen) atoms. The highest BCUT2D eigenvalue weighted by molar-refractivity contribution is 5.50. The SMILES string of the molecule is COc1cc(OC)c(C2(C)CCCN2)cc1C(F)F. The van der Waals surface area contributed by atoms with Crippen molar-refractivity contribution in [2.45, 2.75) is 31.7 Å². The van der Waals surface area contributed by atoms with Gasteiger partial charge < -0.3 is 14.8 Å². The van der Waals surface area contributed by atoms with E-state index in [9.17, 15) is 8.78 Å². The third-order valence-corrected chi connectivity index (χ3v) is 3.75. The van der Waals surface area contributed by atoms with Gasteiger partial charge in [-0.05, 0) is 32.4 Å². The van der Waals surface area contributed by atoms with Gasteiger partial charge in [0.25, 0.3) is 6.43 Å². The molecule has 1 aromatic carbocycles. The largest absolute Gasteiger partial charge is 0.496 e. The van der Waals surface area contributed by atoms with Crippen molar-refractivity contribution < 1.29 is 18.3 Å². The Hall–Kier alpha value is -1.36. The third-order valence-electron chi connectivity index (χ3n) is 3.75. The van der Waals surface area contributed by atoms with Crippen LogP contribution in [-0.2, 0) is 5.54 Å². The van der Waals surface area contributed by atoms with Gasteiger partial charge in [0, 0.05) is 17.2 Å². The second-order valence-corrected chi connectivity index (χ2v) is 4.96. The number of benzene rings is 1. The standard InChI is InChI=1S/C14H19F2NO2/c1-14(5-4-6-17-14)10-7-9(13(15)16)11(18-2)8-12(10)19-3/h7-8,13,17H,4-6H2,1-3H3. The summed E-state index contributed by atoms with van der Waals surface area (Å²) in [6, 6.07) is 3.04. The van der Waals surface area contributed by atoms with Gasteiger partial charge in [-0.2, -0.15) is 0 Å². The zero-order chi connectivity index (χ0) is 14.0. The van der Waals surface area contributed by atoms with E-state index in [1.165, 1.54) is 13.2 Å². The third kappa shape index (κ3) is 2.52. The summed E-state index contributed by atoms with van der Waals surface area (Å²) in [6.07, 6.45) is -0.641. The second-order valence-electron chi connectivity index (χ2n) is 4.96. The normalized spacial score (nSPS) is 22.8. The van der Waals surface area contributed by atoms with E-state index < -0.39 is 6.43 Å². The molecule has 1 unspecified atom stereocenters. The highest BCUT2D eigenvalue weighted by Crippen LogP contribution is 2.42. The lowest BCUT2D eigenvalue weighted by molar-refractivity contribution is 0.146. The van der Waals surface area contributed by atoms with Crippen molar-refractivity contribution in [1.29, 1.82) is 0 Å². The van der Waals surface area contributed by atoms with Crippen LogP contribution >= 0.6 is 0 Å². The molecule has 1 aliphatic rings. The highest BCUT2D eigenvalue weighted by atomic mass is 19.3. The predicted molar refractivity (Wildman–Crippen MR) is 69.1 cm³/mol. The van der Waals surface area contributed by atoms with Crippen molar-refractivity contribution in [3.05, 3.63) is 23.3 Å². The maximum absolute atomic E-state index is 13.1. The fourth-order valence-corrected chi connectivity index (χ4v) is 2.65. The first-order chi connectivity index (χ1) is 9.01. The Morgan fingerprint density at radius 2 is 1.89 bits per heavy atom. The summed E-state index contributed by atoms with van der Waals surface area (Å²) in [6.45, 7) is 2.90. The number of hydrogen-bond donors (Lipinski definition) is 1. The molecule has 0 spiro atoms. The molecular weight excluding hydrogens is 252 g/mol. The number of alkyl halides is 2. The highest BCUT2D eigenvalue weighted by Gasteiger charge is 2.34. The summed E-state index contributed by atoms with van der Waals surface area (Å²) in [5, 5.41) is 3.36. The number of hydrogen-bond acceptors (Lipinski definition) is 3. The van der Waals surface area contributed by atoms with E-state index in [2.05, 4.69) is 5.32 Å². The molecule has 2 rings (SSSR count). The van der Waals surface area contributed by atoms with Crippen LogP contribution in [0.2, 0.25) is 0 Å². The van der Waals surface area contributed by atoms with Gasteiger partial charge in [-0.3, -0.25) is 0 Å². The summed E-state index contributed by atoms with van der Waals surface area (Å²) >= 11 is 0. The van der Waals surface area contributed by atoms with Crippen LogP contribution < -0.4 is 14.8 Å². The summed E-state index contributed by atoms with van der Waals surface area (Å²) in [5.74, 6) is 0.746. The van der Waals surface area contributed by atoms with Crippen molar-refractivity contribution >= 4 is 0 Å². The molecule has 1 aliphatic heterocycles. The lowest BCUT2D eigenvalue weighted by Crippen LogP contribution is -2.33. The second kappa shape index (κ2) is 5.33. The zero-order valence-corrected chi connectivity index (χ0v) is 11.4. The maximum Gasteiger partial charge on any atom is 0.267 e. The lowest BCUT2D eigenvalue weighted by Gasteiger charge is -2.28. The lowest BCUT2D eigenvalue weighted by atomic mass is 9.88. The maximum atomic E-state index is 13.1. The predicted octanol–water partition coefficient (Wildman–Crippen LogP) is 3.24. The van der Waals surface area contributed by atoms with E-state index in [4.69, 9.17) is 9.47 Å². The molecule has 5 heteroatoms. The van der Waals surface area contributed by atoms with Gasteiger partial charge in [-0.15, -0.1) is 0 Å². The zero-order valence-electron chi connectivity index (χ0n) is 11.4. The summed E-state index contributed by atoms with van der Waals surface area (Å²) in [7, 11) is 2.93. The summed E-state index contributed by atoms with van der Waals surface area (Å²) < 4.78 is 36.6. The van der Waals surface area contributed by atoms with Gasteiger partial charge in [0.2, 0.25) is 0 Å². The van der Waals surface area contributed by atoms with E-state index in [1.807, 2.05) is 6.92 Å².